The molecule has 34 heavy (non-hydrogen) atoms. The standard InChI is InChI=1S/C31H48O2.Ca/c1-3-5-7-9-11-13-15-19-26-21-17-23-28(30(26)32)25-29-24-18-22-27(31(29)33)20-16-14-12-10-8-6-4-2;/h17-18,21-24,32-33H,3-16,19-20,25H2,1-2H3;/q;+2/p-2. The van der Waals surface area contributed by atoms with Gasteiger partial charge in [-0.2, -0.15) is 0 Å². The van der Waals surface area contributed by atoms with E-state index in [-0.39, 0.29) is 49.2 Å². The molecule has 0 aliphatic carbocycles. The second kappa shape index (κ2) is 19.5. The first-order chi connectivity index (χ1) is 16.2. The smallest absolute Gasteiger partial charge is 0.872 e. The summed E-state index contributed by atoms with van der Waals surface area (Å²) in [5.41, 5.74) is 3.35. The zero-order valence-corrected chi connectivity index (χ0v) is 24.2. The monoisotopic (exact) mass is 490 g/mol. The molecule has 0 unspecified atom stereocenters. The van der Waals surface area contributed by atoms with Gasteiger partial charge in [-0.05, 0) is 32.1 Å². The summed E-state index contributed by atoms with van der Waals surface area (Å²) in [5, 5.41) is 26.0. The molecule has 0 aliphatic heterocycles. The maximum Gasteiger partial charge on any atom is 2.00 e. The minimum absolute atomic E-state index is 0. The van der Waals surface area contributed by atoms with Gasteiger partial charge in [-0.3, -0.25) is 0 Å². The first-order valence-corrected chi connectivity index (χ1v) is 13.7. The number of unbranched alkanes of at least 4 members (excludes halogenated alkanes) is 12. The first-order valence-electron chi connectivity index (χ1n) is 13.7. The Morgan fingerprint density at radius 3 is 1.18 bits per heavy atom. The van der Waals surface area contributed by atoms with Crippen LogP contribution >= 0.6 is 0 Å². The van der Waals surface area contributed by atoms with Gasteiger partial charge in [-0.25, -0.2) is 0 Å². The second-order valence-electron chi connectivity index (χ2n) is 9.73. The molecule has 0 aliphatic rings. The van der Waals surface area contributed by atoms with Crippen LogP contribution in [0.1, 0.15) is 126 Å². The Kier molecular flexibility index (Phi) is 18.0. The largest absolute Gasteiger partial charge is 2.00 e. The fourth-order valence-electron chi connectivity index (χ4n) is 4.70. The summed E-state index contributed by atoms with van der Waals surface area (Å²) in [7, 11) is 0. The quantitative estimate of drug-likeness (QED) is 0.159. The van der Waals surface area contributed by atoms with Crippen LogP contribution < -0.4 is 10.2 Å². The van der Waals surface area contributed by atoms with Gasteiger partial charge in [0, 0.05) is 0 Å². The zero-order chi connectivity index (χ0) is 23.7. The van der Waals surface area contributed by atoms with E-state index in [1.54, 1.807) is 0 Å². The van der Waals surface area contributed by atoms with Gasteiger partial charge < -0.3 is 10.2 Å². The van der Waals surface area contributed by atoms with Crippen molar-refractivity contribution in [2.45, 2.75) is 123 Å². The molecular weight excluding hydrogens is 444 g/mol. The summed E-state index contributed by atoms with van der Waals surface area (Å²) in [5.74, 6) is 0.278. The Labute approximate surface area is 239 Å². The maximum atomic E-state index is 13.0. The van der Waals surface area contributed by atoms with Crippen molar-refractivity contribution in [3.63, 3.8) is 0 Å². The average Bonchev–Trinajstić information content (AvgIpc) is 2.82. The predicted octanol–water partition coefficient (Wildman–Crippen LogP) is 7.63. The molecule has 0 radical (unpaired) electrons. The molecule has 0 N–H and O–H groups in total. The van der Waals surface area contributed by atoms with E-state index in [1.165, 1.54) is 77.0 Å². The van der Waals surface area contributed by atoms with E-state index >= 15 is 0 Å². The number of hydrogen-bond acceptors (Lipinski definition) is 2. The third-order valence-corrected chi connectivity index (χ3v) is 6.84. The molecule has 0 spiro atoms. The Hall–Kier alpha value is -0.700. The van der Waals surface area contributed by atoms with Crippen molar-refractivity contribution in [2.24, 2.45) is 0 Å². The van der Waals surface area contributed by atoms with Gasteiger partial charge in [0.2, 0.25) is 0 Å². The molecule has 0 bridgehead atoms. The zero-order valence-electron chi connectivity index (χ0n) is 22.0. The van der Waals surface area contributed by atoms with Gasteiger partial charge in [0.15, 0.2) is 0 Å². The van der Waals surface area contributed by atoms with Gasteiger partial charge in [0.25, 0.3) is 0 Å². The fraction of sp³-hybridized carbons (Fsp3) is 0.613. The van der Waals surface area contributed by atoms with Crippen LogP contribution in [0.4, 0.5) is 0 Å². The van der Waals surface area contributed by atoms with Gasteiger partial charge in [0.05, 0.1) is 0 Å². The van der Waals surface area contributed by atoms with E-state index in [2.05, 4.69) is 13.8 Å². The van der Waals surface area contributed by atoms with E-state index in [1.807, 2.05) is 36.4 Å². The van der Waals surface area contributed by atoms with Crippen LogP contribution in [0, 0.1) is 0 Å². The van der Waals surface area contributed by atoms with Crippen molar-refractivity contribution in [1.82, 2.24) is 0 Å². The predicted molar refractivity (Wildman–Crippen MR) is 144 cm³/mol. The first kappa shape index (κ1) is 31.3. The molecule has 0 saturated heterocycles. The summed E-state index contributed by atoms with van der Waals surface area (Å²) in [6.07, 6.45) is 19.7. The van der Waals surface area contributed by atoms with Crippen molar-refractivity contribution in [3.8, 4) is 11.5 Å². The molecule has 0 heterocycles. The minimum atomic E-state index is 0. The van der Waals surface area contributed by atoms with Crippen molar-refractivity contribution < 1.29 is 10.2 Å². The molecule has 2 rings (SSSR count). The minimum Gasteiger partial charge on any atom is -0.872 e. The Balaban J connectivity index is 0.00000578. The van der Waals surface area contributed by atoms with E-state index < -0.39 is 0 Å². The summed E-state index contributed by atoms with van der Waals surface area (Å²) >= 11 is 0. The number of hydrogen-bond donors (Lipinski definition) is 0. The maximum absolute atomic E-state index is 13.0. The molecule has 0 atom stereocenters. The van der Waals surface area contributed by atoms with E-state index in [0.29, 0.717) is 6.42 Å². The van der Waals surface area contributed by atoms with Crippen LogP contribution in [-0.2, 0) is 19.3 Å². The Morgan fingerprint density at radius 2 is 0.794 bits per heavy atom. The van der Waals surface area contributed by atoms with Crippen LogP contribution in [0.5, 0.6) is 11.5 Å². The normalized spacial score (nSPS) is 10.9. The SMILES string of the molecule is CCCCCCCCCc1cccc(Cc2cccc(CCCCCCCCC)c2[O-])c1[O-].[Ca+2]. The van der Waals surface area contributed by atoms with Crippen molar-refractivity contribution in [1.29, 1.82) is 0 Å². The fourth-order valence-corrected chi connectivity index (χ4v) is 4.70. The second-order valence-corrected chi connectivity index (χ2v) is 9.73. The third-order valence-electron chi connectivity index (χ3n) is 6.84. The average molecular weight is 491 g/mol. The number of para-hydroxylation sites is 2. The molecule has 184 valence electrons. The number of rotatable bonds is 18. The van der Waals surface area contributed by atoms with Crippen molar-refractivity contribution in [2.75, 3.05) is 0 Å². The van der Waals surface area contributed by atoms with Gasteiger partial charge in [0.1, 0.15) is 0 Å². The topological polar surface area (TPSA) is 46.1 Å². The van der Waals surface area contributed by atoms with Crippen LogP contribution in [0.3, 0.4) is 0 Å². The van der Waals surface area contributed by atoms with Crippen molar-refractivity contribution >= 4 is 37.7 Å². The molecule has 0 aromatic heterocycles. The van der Waals surface area contributed by atoms with Gasteiger partial charge in [-0.15, -0.1) is 11.5 Å². The molecule has 0 fully saturated rings. The van der Waals surface area contributed by atoms with Crippen LogP contribution in [0.25, 0.3) is 0 Å². The molecule has 0 amide bonds. The Bertz CT molecular complexity index is 721. The molecule has 3 heteroatoms. The molecular formula is C31H46CaO2. The van der Waals surface area contributed by atoms with Crippen LogP contribution in [0.2, 0.25) is 0 Å². The van der Waals surface area contributed by atoms with Crippen molar-refractivity contribution in [3.05, 3.63) is 58.7 Å². The van der Waals surface area contributed by atoms with Crippen LogP contribution in [-0.4, -0.2) is 37.7 Å². The molecule has 2 aromatic carbocycles. The molecule has 2 nitrogen and oxygen atoms in total. The van der Waals surface area contributed by atoms with E-state index in [0.717, 1.165) is 47.9 Å². The van der Waals surface area contributed by atoms with E-state index in [9.17, 15) is 10.2 Å². The summed E-state index contributed by atoms with van der Waals surface area (Å²) < 4.78 is 0. The summed E-state index contributed by atoms with van der Waals surface area (Å²) in [6, 6.07) is 11.7. The number of benzene rings is 2. The molecule has 2 aromatic rings. The van der Waals surface area contributed by atoms with Gasteiger partial charge >= 0.3 is 37.7 Å². The van der Waals surface area contributed by atoms with E-state index in [4.69, 9.17) is 0 Å². The molecule has 0 saturated carbocycles. The van der Waals surface area contributed by atoms with Gasteiger partial charge in [-0.1, -0.05) is 150 Å². The Morgan fingerprint density at radius 1 is 0.471 bits per heavy atom. The summed E-state index contributed by atoms with van der Waals surface area (Å²) in [4.78, 5) is 0. The van der Waals surface area contributed by atoms with Crippen LogP contribution in [0.15, 0.2) is 36.4 Å². The third kappa shape index (κ3) is 11.8. The summed E-state index contributed by atoms with van der Waals surface area (Å²) in [6.45, 7) is 4.48. The number of aryl methyl sites for hydroxylation is 2.